The maximum atomic E-state index is 13.0. The van der Waals surface area contributed by atoms with Crippen LogP contribution in [-0.4, -0.2) is 9.78 Å². The minimum atomic E-state index is -0.284. The highest BCUT2D eigenvalue weighted by molar-refractivity contribution is 9.10. The molecule has 0 spiro atoms. The zero-order valence-corrected chi connectivity index (χ0v) is 9.41. The van der Waals surface area contributed by atoms with E-state index in [0.717, 1.165) is 10.2 Å². The van der Waals surface area contributed by atoms with Crippen molar-refractivity contribution in [2.45, 2.75) is 6.54 Å². The minimum absolute atomic E-state index is 0.284. The molecule has 2 N–H and O–H groups in total. The summed E-state index contributed by atoms with van der Waals surface area (Å²) < 4.78 is 15.4. The number of nitrogens with zero attached hydrogens (tertiary/aromatic N) is 2. The highest BCUT2D eigenvalue weighted by Gasteiger charge is 2.06. The molecule has 1 aromatic carbocycles. The van der Waals surface area contributed by atoms with Crippen LogP contribution in [0, 0.1) is 5.82 Å². The summed E-state index contributed by atoms with van der Waals surface area (Å²) in [6, 6.07) is 6.23. The van der Waals surface area contributed by atoms with Crippen LogP contribution in [-0.2, 0) is 6.54 Å². The quantitative estimate of drug-likeness (QED) is 0.909. The van der Waals surface area contributed by atoms with E-state index in [1.807, 2.05) is 0 Å². The van der Waals surface area contributed by atoms with Crippen LogP contribution < -0.4 is 5.73 Å². The summed E-state index contributed by atoms with van der Waals surface area (Å²) in [5.41, 5.74) is 6.92. The van der Waals surface area contributed by atoms with Crippen LogP contribution in [0.3, 0.4) is 0 Å². The van der Waals surface area contributed by atoms with E-state index in [-0.39, 0.29) is 5.82 Å². The summed E-state index contributed by atoms with van der Waals surface area (Å²) in [6.07, 6.45) is 1.76. The van der Waals surface area contributed by atoms with Gasteiger partial charge in [-0.3, -0.25) is 0 Å². The molecule has 0 fully saturated rings. The largest absolute Gasteiger partial charge is 0.325 e. The Hall–Kier alpha value is -1.20. The topological polar surface area (TPSA) is 43.8 Å². The first kappa shape index (κ1) is 10.3. The molecule has 15 heavy (non-hydrogen) atoms. The van der Waals surface area contributed by atoms with Gasteiger partial charge in [0.25, 0.3) is 0 Å². The van der Waals surface area contributed by atoms with Crippen molar-refractivity contribution in [3.63, 3.8) is 0 Å². The van der Waals surface area contributed by atoms with Crippen LogP contribution in [0.4, 0.5) is 4.39 Å². The van der Waals surface area contributed by atoms with E-state index in [0.29, 0.717) is 12.2 Å². The van der Waals surface area contributed by atoms with Crippen molar-refractivity contribution in [1.29, 1.82) is 0 Å². The van der Waals surface area contributed by atoms with E-state index in [4.69, 9.17) is 5.73 Å². The Morgan fingerprint density at radius 2 is 2.27 bits per heavy atom. The number of benzene rings is 1. The number of hydrogen-bond donors (Lipinski definition) is 1. The predicted molar refractivity (Wildman–Crippen MR) is 59.1 cm³/mol. The van der Waals surface area contributed by atoms with E-state index in [1.54, 1.807) is 23.0 Å². The Labute approximate surface area is 94.8 Å². The van der Waals surface area contributed by atoms with Crippen molar-refractivity contribution in [1.82, 2.24) is 9.78 Å². The highest BCUT2D eigenvalue weighted by Crippen LogP contribution is 2.17. The van der Waals surface area contributed by atoms with Gasteiger partial charge in [0.1, 0.15) is 5.82 Å². The Bertz CT molecular complexity index is 481. The molecule has 2 rings (SSSR count). The summed E-state index contributed by atoms with van der Waals surface area (Å²) >= 11 is 3.34. The minimum Gasteiger partial charge on any atom is -0.325 e. The fourth-order valence-corrected chi connectivity index (χ4v) is 1.71. The van der Waals surface area contributed by atoms with Gasteiger partial charge in [0.2, 0.25) is 0 Å². The smallest absolute Gasteiger partial charge is 0.125 e. The lowest BCUT2D eigenvalue weighted by Gasteiger charge is -2.00. The maximum Gasteiger partial charge on any atom is 0.125 e. The maximum absolute atomic E-state index is 13.0. The average Bonchev–Trinajstić information content (AvgIpc) is 2.60. The molecule has 78 valence electrons. The van der Waals surface area contributed by atoms with Crippen molar-refractivity contribution < 1.29 is 4.39 Å². The van der Waals surface area contributed by atoms with E-state index < -0.39 is 0 Å². The van der Waals surface area contributed by atoms with E-state index in [1.165, 1.54) is 12.1 Å². The Morgan fingerprint density at radius 3 is 2.87 bits per heavy atom. The zero-order chi connectivity index (χ0) is 10.8. The molecule has 2 aromatic rings. The fourth-order valence-electron chi connectivity index (χ4n) is 1.28. The number of aromatic nitrogens is 2. The molecule has 0 aliphatic rings. The molecule has 0 amide bonds. The molecular weight excluding hydrogens is 261 g/mol. The second kappa shape index (κ2) is 4.12. The van der Waals surface area contributed by atoms with Gasteiger partial charge in [0, 0.05) is 12.7 Å². The number of hydrogen-bond acceptors (Lipinski definition) is 2. The van der Waals surface area contributed by atoms with Crippen molar-refractivity contribution >= 4 is 15.9 Å². The van der Waals surface area contributed by atoms with Crippen LogP contribution in [0.5, 0.6) is 0 Å². The van der Waals surface area contributed by atoms with Crippen molar-refractivity contribution in [2.24, 2.45) is 5.73 Å². The van der Waals surface area contributed by atoms with Gasteiger partial charge < -0.3 is 5.73 Å². The van der Waals surface area contributed by atoms with Crippen molar-refractivity contribution in [3.8, 4) is 5.69 Å². The van der Waals surface area contributed by atoms with E-state index in [9.17, 15) is 4.39 Å². The molecule has 0 radical (unpaired) electrons. The van der Waals surface area contributed by atoms with Crippen LogP contribution in [0.15, 0.2) is 34.9 Å². The predicted octanol–water partition coefficient (Wildman–Crippen LogP) is 2.23. The molecule has 0 atom stereocenters. The Morgan fingerprint density at radius 1 is 1.47 bits per heavy atom. The molecule has 5 heteroatoms. The third-order valence-corrected chi connectivity index (χ3v) is 2.67. The van der Waals surface area contributed by atoms with Crippen LogP contribution in [0.2, 0.25) is 0 Å². The van der Waals surface area contributed by atoms with Crippen LogP contribution in [0.25, 0.3) is 5.69 Å². The van der Waals surface area contributed by atoms with E-state index in [2.05, 4.69) is 21.0 Å². The van der Waals surface area contributed by atoms with Crippen LogP contribution >= 0.6 is 15.9 Å². The summed E-state index contributed by atoms with van der Waals surface area (Å²) in [6.45, 7) is 0.350. The van der Waals surface area contributed by atoms with Gasteiger partial charge in [-0.15, -0.1) is 0 Å². The molecule has 1 aromatic heterocycles. The molecule has 1 heterocycles. The van der Waals surface area contributed by atoms with Gasteiger partial charge in [-0.25, -0.2) is 9.07 Å². The van der Waals surface area contributed by atoms with Gasteiger partial charge in [0.05, 0.1) is 15.9 Å². The number of nitrogens with two attached hydrogens (primary N) is 1. The molecule has 0 aliphatic heterocycles. The van der Waals surface area contributed by atoms with Gasteiger partial charge in [0.15, 0.2) is 0 Å². The number of rotatable bonds is 2. The molecule has 0 bridgehead atoms. The van der Waals surface area contributed by atoms with Gasteiger partial charge in [-0.2, -0.15) is 5.10 Å². The fraction of sp³-hybridized carbons (Fsp3) is 0.100. The Balaban J connectivity index is 2.45. The SMILES string of the molecule is NCc1nn(-c2cccc(F)c2)cc1Br. The summed E-state index contributed by atoms with van der Waals surface area (Å²) in [5, 5.41) is 4.22. The monoisotopic (exact) mass is 269 g/mol. The third-order valence-electron chi connectivity index (χ3n) is 2.01. The van der Waals surface area contributed by atoms with E-state index >= 15 is 0 Å². The van der Waals surface area contributed by atoms with Crippen LogP contribution in [0.1, 0.15) is 5.69 Å². The first-order chi connectivity index (χ1) is 7.20. The molecule has 3 nitrogen and oxygen atoms in total. The molecule has 0 aliphatic carbocycles. The lowest BCUT2D eigenvalue weighted by Crippen LogP contribution is -2.00. The second-order valence-electron chi connectivity index (χ2n) is 3.05. The normalized spacial score (nSPS) is 10.6. The lowest BCUT2D eigenvalue weighted by atomic mass is 10.3. The summed E-state index contributed by atoms with van der Waals surface area (Å²) in [5.74, 6) is -0.284. The standard InChI is InChI=1S/C10H9BrFN3/c11-9-6-15(14-10(9)5-13)8-3-1-2-7(12)4-8/h1-4,6H,5,13H2. The molecule has 0 saturated carbocycles. The van der Waals surface area contributed by atoms with Gasteiger partial charge in [-0.05, 0) is 34.1 Å². The summed E-state index contributed by atoms with van der Waals surface area (Å²) in [7, 11) is 0. The first-order valence-corrected chi connectivity index (χ1v) is 5.20. The Kier molecular flexibility index (Phi) is 2.83. The van der Waals surface area contributed by atoms with Gasteiger partial charge in [-0.1, -0.05) is 6.07 Å². The molecule has 0 unspecified atom stereocenters. The first-order valence-electron chi connectivity index (χ1n) is 4.41. The lowest BCUT2D eigenvalue weighted by molar-refractivity contribution is 0.625. The van der Waals surface area contributed by atoms with Gasteiger partial charge >= 0.3 is 0 Å². The third kappa shape index (κ3) is 2.08. The molecular formula is C10H9BrFN3. The molecule has 0 saturated heterocycles. The average molecular weight is 270 g/mol. The zero-order valence-electron chi connectivity index (χ0n) is 7.82. The van der Waals surface area contributed by atoms with Crippen molar-refractivity contribution in [3.05, 3.63) is 46.4 Å². The highest BCUT2D eigenvalue weighted by atomic mass is 79.9. The summed E-state index contributed by atoms with van der Waals surface area (Å²) in [4.78, 5) is 0. The number of halogens is 2. The second-order valence-corrected chi connectivity index (χ2v) is 3.91. The van der Waals surface area contributed by atoms with Crippen molar-refractivity contribution in [2.75, 3.05) is 0 Å².